The van der Waals surface area contributed by atoms with Gasteiger partial charge in [-0.1, -0.05) is 13.3 Å². The lowest BCUT2D eigenvalue weighted by atomic mass is 10.2. The molecular weight excluding hydrogens is 266 g/mol. The predicted octanol–water partition coefficient (Wildman–Crippen LogP) is 1.73. The Hall–Kier alpha value is -0.750. The van der Waals surface area contributed by atoms with Crippen LogP contribution in [0, 0.1) is 0 Å². The number of carbonyl (C=O) groups excluding carboxylic acids is 2. The minimum atomic E-state index is -0.614. The molecule has 2 atom stereocenters. The minimum absolute atomic E-state index is 0.167. The average molecular weight is 291 g/mol. The van der Waals surface area contributed by atoms with Gasteiger partial charge in [0.05, 0.1) is 13.2 Å². The molecule has 0 heterocycles. The van der Waals surface area contributed by atoms with Gasteiger partial charge in [-0.15, -0.1) is 11.8 Å². The van der Waals surface area contributed by atoms with Crippen molar-refractivity contribution in [3.63, 3.8) is 0 Å². The van der Waals surface area contributed by atoms with Gasteiger partial charge in [-0.25, -0.2) is 0 Å². The number of hydrogen-bond acceptors (Lipinski definition) is 6. The van der Waals surface area contributed by atoms with E-state index in [-0.39, 0.29) is 17.2 Å². The van der Waals surface area contributed by atoms with Gasteiger partial charge in [0.2, 0.25) is 0 Å². The molecule has 6 heteroatoms. The molecule has 0 fully saturated rings. The first-order valence-corrected chi connectivity index (χ1v) is 7.82. The van der Waals surface area contributed by atoms with Gasteiger partial charge in [-0.2, -0.15) is 0 Å². The number of ether oxygens (including phenoxy) is 2. The molecule has 2 N–H and O–H groups in total. The van der Waals surface area contributed by atoms with Crippen LogP contribution in [-0.2, 0) is 19.1 Å². The van der Waals surface area contributed by atoms with E-state index in [2.05, 4.69) is 0 Å². The molecule has 5 nitrogen and oxygen atoms in total. The second kappa shape index (κ2) is 11.1. The van der Waals surface area contributed by atoms with Gasteiger partial charge in [0.1, 0.15) is 11.3 Å². The molecular formula is C13H25NO4S. The molecule has 0 aliphatic heterocycles. The van der Waals surface area contributed by atoms with E-state index in [0.717, 1.165) is 12.8 Å². The SMILES string of the molecule is CCCC(SCCC(N)C(=O)OCC)C(=O)OCC. The number of esters is 2. The van der Waals surface area contributed by atoms with Crippen LogP contribution >= 0.6 is 11.8 Å². The summed E-state index contributed by atoms with van der Waals surface area (Å²) in [7, 11) is 0. The molecule has 0 aromatic carbocycles. The Morgan fingerprint density at radius 2 is 1.63 bits per heavy atom. The Balaban J connectivity index is 4.04. The summed E-state index contributed by atoms with van der Waals surface area (Å²) in [4.78, 5) is 23.0. The Bertz CT molecular complexity index is 273. The summed E-state index contributed by atoms with van der Waals surface area (Å²) in [6.45, 7) is 6.29. The lowest BCUT2D eigenvalue weighted by Crippen LogP contribution is -2.33. The van der Waals surface area contributed by atoms with E-state index in [4.69, 9.17) is 15.2 Å². The van der Waals surface area contributed by atoms with Crippen molar-refractivity contribution in [2.24, 2.45) is 5.73 Å². The quantitative estimate of drug-likeness (QED) is 0.618. The molecule has 0 amide bonds. The molecule has 0 aliphatic carbocycles. The fraction of sp³-hybridized carbons (Fsp3) is 0.846. The fourth-order valence-corrected chi connectivity index (χ4v) is 2.75. The number of carbonyl (C=O) groups is 2. The zero-order valence-corrected chi connectivity index (χ0v) is 12.8. The minimum Gasteiger partial charge on any atom is -0.465 e. The van der Waals surface area contributed by atoms with E-state index in [0.29, 0.717) is 25.4 Å². The first-order valence-electron chi connectivity index (χ1n) is 6.77. The lowest BCUT2D eigenvalue weighted by molar-refractivity contribution is -0.144. The Morgan fingerprint density at radius 3 is 2.16 bits per heavy atom. The van der Waals surface area contributed by atoms with Crippen molar-refractivity contribution in [1.82, 2.24) is 0 Å². The molecule has 0 aromatic heterocycles. The predicted molar refractivity (Wildman–Crippen MR) is 77.0 cm³/mol. The van der Waals surface area contributed by atoms with Crippen LogP contribution in [0.25, 0.3) is 0 Å². The van der Waals surface area contributed by atoms with Crippen LogP contribution < -0.4 is 5.73 Å². The monoisotopic (exact) mass is 291 g/mol. The third kappa shape index (κ3) is 8.10. The van der Waals surface area contributed by atoms with Crippen molar-refractivity contribution in [3.05, 3.63) is 0 Å². The van der Waals surface area contributed by atoms with Gasteiger partial charge < -0.3 is 15.2 Å². The maximum Gasteiger partial charge on any atom is 0.322 e. The molecule has 0 aromatic rings. The number of rotatable bonds is 10. The summed E-state index contributed by atoms with van der Waals surface area (Å²) >= 11 is 1.50. The fourth-order valence-electron chi connectivity index (χ4n) is 1.47. The van der Waals surface area contributed by atoms with Crippen molar-refractivity contribution in [1.29, 1.82) is 0 Å². The van der Waals surface area contributed by atoms with Crippen LogP contribution in [0.5, 0.6) is 0 Å². The smallest absolute Gasteiger partial charge is 0.322 e. The standard InChI is InChI=1S/C13H25NO4S/c1-4-7-11(13(16)18-6-3)19-9-8-10(14)12(15)17-5-2/h10-11H,4-9,14H2,1-3H3. The van der Waals surface area contributed by atoms with Gasteiger partial charge in [0.25, 0.3) is 0 Å². The topological polar surface area (TPSA) is 78.6 Å². The summed E-state index contributed by atoms with van der Waals surface area (Å²) in [6.07, 6.45) is 2.20. The summed E-state index contributed by atoms with van der Waals surface area (Å²) in [6, 6.07) is -0.614. The van der Waals surface area contributed by atoms with Gasteiger partial charge in [-0.3, -0.25) is 9.59 Å². The Morgan fingerprint density at radius 1 is 1.05 bits per heavy atom. The molecule has 0 aliphatic rings. The lowest BCUT2D eigenvalue weighted by Gasteiger charge is -2.15. The molecule has 19 heavy (non-hydrogen) atoms. The van der Waals surface area contributed by atoms with Crippen molar-refractivity contribution in [3.8, 4) is 0 Å². The molecule has 0 saturated carbocycles. The molecule has 0 bridgehead atoms. The Labute approximate surface area is 119 Å². The van der Waals surface area contributed by atoms with E-state index < -0.39 is 6.04 Å². The third-order valence-corrected chi connectivity index (χ3v) is 3.74. The van der Waals surface area contributed by atoms with E-state index in [1.165, 1.54) is 11.8 Å². The van der Waals surface area contributed by atoms with Crippen LogP contribution in [-0.4, -0.2) is 42.2 Å². The first kappa shape index (κ1) is 18.2. The second-order valence-electron chi connectivity index (χ2n) is 4.05. The molecule has 0 rings (SSSR count). The first-order chi connectivity index (χ1) is 9.06. The summed E-state index contributed by atoms with van der Waals surface area (Å²) in [5.74, 6) is 0.0778. The van der Waals surface area contributed by atoms with Crippen molar-refractivity contribution in [2.75, 3.05) is 19.0 Å². The van der Waals surface area contributed by atoms with Crippen molar-refractivity contribution in [2.45, 2.75) is 51.3 Å². The highest BCUT2D eigenvalue weighted by atomic mass is 32.2. The highest BCUT2D eigenvalue weighted by molar-refractivity contribution is 8.00. The van der Waals surface area contributed by atoms with Crippen molar-refractivity contribution >= 4 is 23.7 Å². The van der Waals surface area contributed by atoms with Gasteiger partial charge in [0.15, 0.2) is 0 Å². The van der Waals surface area contributed by atoms with E-state index in [9.17, 15) is 9.59 Å². The largest absolute Gasteiger partial charge is 0.465 e. The van der Waals surface area contributed by atoms with Gasteiger partial charge in [0, 0.05) is 0 Å². The molecule has 2 unspecified atom stereocenters. The van der Waals surface area contributed by atoms with Gasteiger partial charge >= 0.3 is 11.9 Å². The number of thioether (sulfide) groups is 1. The number of hydrogen-bond donors (Lipinski definition) is 1. The maximum absolute atomic E-state index is 11.7. The molecule has 0 spiro atoms. The van der Waals surface area contributed by atoms with Crippen LogP contribution in [0.1, 0.15) is 40.0 Å². The van der Waals surface area contributed by atoms with E-state index in [1.807, 2.05) is 6.92 Å². The highest BCUT2D eigenvalue weighted by Crippen LogP contribution is 2.19. The summed E-state index contributed by atoms with van der Waals surface area (Å²) < 4.78 is 9.85. The summed E-state index contributed by atoms with van der Waals surface area (Å²) in [5, 5.41) is -0.167. The van der Waals surface area contributed by atoms with E-state index >= 15 is 0 Å². The molecule has 0 saturated heterocycles. The molecule has 0 radical (unpaired) electrons. The normalized spacial score (nSPS) is 13.7. The third-order valence-electron chi connectivity index (χ3n) is 2.44. The maximum atomic E-state index is 11.7. The number of nitrogens with two attached hydrogens (primary N) is 1. The van der Waals surface area contributed by atoms with Crippen molar-refractivity contribution < 1.29 is 19.1 Å². The highest BCUT2D eigenvalue weighted by Gasteiger charge is 2.21. The van der Waals surface area contributed by atoms with Crippen LogP contribution in [0.3, 0.4) is 0 Å². The summed E-state index contributed by atoms with van der Waals surface area (Å²) in [5.41, 5.74) is 5.69. The zero-order valence-electron chi connectivity index (χ0n) is 12.0. The van der Waals surface area contributed by atoms with E-state index in [1.54, 1.807) is 13.8 Å². The second-order valence-corrected chi connectivity index (χ2v) is 5.36. The van der Waals surface area contributed by atoms with Crippen LogP contribution in [0.15, 0.2) is 0 Å². The zero-order chi connectivity index (χ0) is 14.7. The van der Waals surface area contributed by atoms with Gasteiger partial charge in [-0.05, 0) is 32.4 Å². The average Bonchev–Trinajstić information content (AvgIpc) is 2.38. The Kier molecular flexibility index (Phi) is 10.7. The molecule has 112 valence electrons. The van der Waals surface area contributed by atoms with Crippen LogP contribution in [0.2, 0.25) is 0 Å². The van der Waals surface area contributed by atoms with Crippen LogP contribution in [0.4, 0.5) is 0 Å².